The molecule has 1 spiro atoms. The van der Waals surface area contributed by atoms with Crippen LogP contribution in [0.3, 0.4) is 0 Å². The van der Waals surface area contributed by atoms with Crippen LogP contribution in [0.15, 0.2) is 36.5 Å². The molecule has 3 aliphatic heterocycles. The molecule has 160 valence electrons. The molecular formula is C24H20FN5O2. The van der Waals surface area contributed by atoms with Crippen LogP contribution in [-0.2, 0) is 9.53 Å². The molecule has 3 aromatic rings. The van der Waals surface area contributed by atoms with Gasteiger partial charge in [-0.15, -0.1) is 0 Å². The molecule has 32 heavy (non-hydrogen) atoms. The highest BCUT2D eigenvalue weighted by molar-refractivity contribution is 5.88. The van der Waals surface area contributed by atoms with Crippen molar-refractivity contribution in [2.75, 3.05) is 18.0 Å². The first-order valence-corrected chi connectivity index (χ1v) is 10.8. The standard InChI is InChI=1S/C24H20FN5O2/c25-18-15-27-30-20(8-6-17(14-26)22(18)30)28-12-10-24(11-13-28)23(31)29-19(7-9-21(29)32-24)16-4-2-1-3-5-16/h2,4-6,8,15,19,21H,7,9-13H2/t19?,21-/m1/s1. The van der Waals surface area contributed by atoms with Gasteiger partial charge in [0.25, 0.3) is 5.91 Å². The second kappa shape index (κ2) is 6.94. The first kappa shape index (κ1) is 19.1. The van der Waals surface area contributed by atoms with E-state index in [2.05, 4.69) is 22.1 Å². The number of pyridine rings is 1. The van der Waals surface area contributed by atoms with E-state index in [1.807, 2.05) is 29.2 Å². The van der Waals surface area contributed by atoms with Gasteiger partial charge in [0.1, 0.15) is 23.6 Å². The molecule has 1 aromatic carbocycles. The summed E-state index contributed by atoms with van der Waals surface area (Å²) in [6, 6.07) is 17.0. The number of carbonyl (C=O) groups excluding carboxylic acids is 1. The predicted octanol–water partition coefficient (Wildman–Crippen LogP) is 3.00. The average molecular weight is 429 g/mol. The third-order valence-corrected chi connectivity index (χ3v) is 7.00. The van der Waals surface area contributed by atoms with E-state index >= 15 is 0 Å². The average Bonchev–Trinajstić information content (AvgIpc) is 3.49. The van der Waals surface area contributed by atoms with E-state index < -0.39 is 11.4 Å². The summed E-state index contributed by atoms with van der Waals surface area (Å²) in [6.07, 6.45) is 3.73. The Morgan fingerprint density at radius 2 is 2.06 bits per heavy atom. The van der Waals surface area contributed by atoms with Crippen molar-refractivity contribution in [3.63, 3.8) is 0 Å². The fourth-order valence-corrected chi connectivity index (χ4v) is 5.42. The molecule has 3 saturated heterocycles. The van der Waals surface area contributed by atoms with Gasteiger partial charge in [0, 0.05) is 25.9 Å². The molecule has 7 nitrogen and oxygen atoms in total. The van der Waals surface area contributed by atoms with Crippen LogP contribution >= 0.6 is 0 Å². The summed E-state index contributed by atoms with van der Waals surface area (Å²) in [5.41, 5.74) is 0.678. The Morgan fingerprint density at radius 1 is 1.22 bits per heavy atom. The van der Waals surface area contributed by atoms with E-state index in [1.165, 1.54) is 4.52 Å². The second-order valence-corrected chi connectivity index (χ2v) is 8.60. The molecule has 1 amide bonds. The zero-order valence-corrected chi connectivity index (χ0v) is 17.3. The molecule has 6 rings (SSSR count). The number of piperidine rings is 1. The fourth-order valence-electron chi connectivity index (χ4n) is 5.42. The number of hydrogen-bond donors (Lipinski definition) is 0. The van der Waals surface area contributed by atoms with Crippen LogP contribution < -0.4 is 4.90 Å². The van der Waals surface area contributed by atoms with Gasteiger partial charge in [-0.1, -0.05) is 12.1 Å². The SMILES string of the molecule is N#Cc1ccc(N2CCC3(CC2)O[C@@H]2CCC(c4cc#ccc4)N2C3=O)n2ncc(F)c12. The molecule has 0 radical (unpaired) electrons. The number of hydrogen-bond acceptors (Lipinski definition) is 5. The van der Waals surface area contributed by atoms with Crippen LogP contribution in [0.2, 0.25) is 0 Å². The zero-order valence-electron chi connectivity index (χ0n) is 17.3. The molecule has 2 atom stereocenters. The van der Waals surface area contributed by atoms with Crippen molar-refractivity contribution in [2.24, 2.45) is 0 Å². The Kier molecular flexibility index (Phi) is 4.14. The molecule has 3 aliphatic rings. The maximum atomic E-state index is 14.2. The molecule has 0 N–H and O–H groups in total. The van der Waals surface area contributed by atoms with Crippen LogP contribution in [0.5, 0.6) is 0 Å². The zero-order chi connectivity index (χ0) is 21.9. The molecule has 2 aromatic heterocycles. The number of nitrogens with zero attached hydrogens (tertiary/aromatic N) is 5. The summed E-state index contributed by atoms with van der Waals surface area (Å²) >= 11 is 0. The molecule has 0 saturated carbocycles. The third kappa shape index (κ3) is 2.63. The van der Waals surface area contributed by atoms with Gasteiger partial charge in [-0.05, 0) is 48.7 Å². The van der Waals surface area contributed by atoms with E-state index in [1.54, 1.807) is 12.1 Å². The minimum atomic E-state index is -0.814. The van der Waals surface area contributed by atoms with Gasteiger partial charge in [-0.3, -0.25) is 4.79 Å². The lowest BCUT2D eigenvalue weighted by Gasteiger charge is -2.38. The van der Waals surface area contributed by atoms with Gasteiger partial charge in [-0.25, -0.2) is 8.91 Å². The minimum absolute atomic E-state index is 0.0148. The lowest BCUT2D eigenvalue weighted by atomic mass is 9.89. The van der Waals surface area contributed by atoms with Crippen LogP contribution in [-0.4, -0.2) is 45.3 Å². The van der Waals surface area contributed by atoms with Gasteiger partial charge in [0.15, 0.2) is 11.4 Å². The van der Waals surface area contributed by atoms with E-state index in [0.29, 0.717) is 31.7 Å². The predicted molar refractivity (Wildman–Crippen MR) is 112 cm³/mol. The fraction of sp³-hybridized carbons (Fsp3) is 0.375. The number of halogens is 1. The number of fused-ring (bicyclic) bond motifs is 2. The van der Waals surface area contributed by atoms with E-state index in [4.69, 9.17) is 4.74 Å². The number of ether oxygens (including phenoxy) is 1. The van der Waals surface area contributed by atoms with Crippen molar-refractivity contribution in [3.05, 3.63) is 65.6 Å². The smallest absolute Gasteiger partial charge is 0.257 e. The minimum Gasteiger partial charge on any atom is -0.356 e. The number of carbonyl (C=O) groups is 1. The molecule has 3 fully saturated rings. The molecule has 0 aliphatic carbocycles. The van der Waals surface area contributed by atoms with Gasteiger partial charge >= 0.3 is 0 Å². The molecular weight excluding hydrogens is 409 g/mol. The van der Waals surface area contributed by atoms with Crippen molar-refractivity contribution in [1.82, 2.24) is 14.5 Å². The topological polar surface area (TPSA) is 73.9 Å². The maximum absolute atomic E-state index is 14.2. The monoisotopic (exact) mass is 429 g/mol. The number of aromatic nitrogens is 2. The third-order valence-electron chi connectivity index (χ3n) is 7.00. The Morgan fingerprint density at radius 3 is 2.81 bits per heavy atom. The van der Waals surface area contributed by atoms with Crippen LogP contribution in [0.4, 0.5) is 10.2 Å². The summed E-state index contributed by atoms with van der Waals surface area (Å²) in [4.78, 5) is 17.5. The Bertz CT molecular complexity index is 1240. The van der Waals surface area contributed by atoms with E-state index in [-0.39, 0.29) is 29.3 Å². The number of amides is 1. The lowest BCUT2D eigenvalue weighted by Crippen LogP contribution is -2.50. The van der Waals surface area contributed by atoms with E-state index in [0.717, 1.165) is 24.6 Å². The van der Waals surface area contributed by atoms with Crippen LogP contribution in [0, 0.1) is 29.3 Å². The Hall–Kier alpha value is -3.62. The first-order valence-electron chi connectivity index (χ1n) is 10.8. The summed E-state index contributed by atoms with van der Waals surface area (Å²) in [6.45, 7) is 1.15. The van der Waals surface area contributed by atoms with Gasteiger partial charge in [0.05, 0.1) is 17.8 Å². The first-order chi connectivity index (χ1) is 15.6. The van der Waals surface area contributed by atoms with Gasteiger partial charge in [-0.2, -0.15) is 10.4 Å². The van der Waals surface area contributed by atoms with Crippen molar-refractivity contribution < 1.29 is 13.9 Å². The number of nitriles is 1. The molecule has 8 heteroatoms. The van der Waals surface area contributed by atoms with Crippen molar-refractivity contribution >= 4 is 17.2 Å². The van der Waals surface area contributed by atoms with Crippen molar-refractivity contribution in [2.45, 2.75) is 43.6 Å². The summed E-state index contributed by atoms with van der Waals surface area (Å²) in [7, 11) is 0. The summed E-state index contributed by atoms with van der Waals surface area (Å²) < 4.78 is 22.1. The summed E-state index contributed by atoms with van der Waals surface area (Å²) in [5.74, 6) is 0.249. The quantitative estimate of drug-likeness (QED) is 0.626. The molecule has 0 bridgehead atoms. The van der Waals surface area contributed by atoms with Crippen LogP contribution in [0.1, 0.15) is 42.9 Å². The van der Waals surface area contributed by atoms with E-state index in [9.17, 15) is 14.4 Å². The largest absolute Gasteiger partial charge is 0.356 e. The molecule has 1 unspecified atom stereocenters. The lowest BCUT2D eigenvalue weighted by molar-refractivity contribution is -0.140. The maximum Gasteiger partial charge on any atom is 0.257 e. The number of rotatable bonds is 2. The number of anilines is 1. The van der Waals surface area contributed by atoms with Crippen LogP contribution in [0.25, 0.3) is 5.52 Å². The highest BCUT2D eigenvalue weighted by Crippen LogP contribution is 2.47. The summed E-state index contributed by atoms with van der Waals surface area (Å²) in [5, 5.41) is 13.4. The molecule has 5 heterocycles. The Labute approximate surface area is 184 Å². The second-order valence-electron chi connectivity index (χ2n) is 8.60. The van der Waals surface area contributed by atoms with Crippen molar-refractivity contribution in [1.29, 1.82) is 5.26 Å². The highest BCUT2D eigenvalue weighted by Gasteiger charge is 2.58. The van der Waals surface area contributed by atoms with Gasteiger partial charge < -0.3 is 14.5 Å². The van der Waals surface area contributed by atoms with Crippen molar-refractivity contribution in [3.8, 4) is 6.07 Å². The normalized spacial score (nSPS) is 24.1. The van der Waals surface area contributed by atoms with Gasteiger partial charge in [0.2, 0.25) is 0 Å². The highest BCUT2D eigenvalue weighted by atomic mass is 19.1. The Balaban J connectivity index is 1.24.